The van der Waals surface area contributed by atoms with Crippen LogP contribution in [0, 0.1) is 0 Å². The molecule has 1 aliphatic heterocycles. The maximum absolute atomic E-state index is 13.1. The lowest BCUT2D eigenvalue weighted by Gasteiger charge is -2.18. The molecule has 0 aliphatic carbocycles. The molecule has 3 heterocycles. The Hall–Kier alpha value is -2.18. The van der Waals surface area contributed by atoms with Crippen LogP contribution < -0.4 is 0 Å². The molecule has 2 aromatic heterocycles. The summed E-state index contributed by atoms with van der Waals surface area (Å²) in [4.78, 5) is 7.11. The SMILES string of the molecule is CN1CCC[C@H]1Cc1cn(S(=O)(=O)c2ccccc2)c2cccnc12. The summed E-state index contributed by atoms with van der Waals surface area (Å²) in [5, 5.41) is 0. The van der Waals surface area contributed by atoms with Gasteiger partial charge in [0.25, 0.3) is 10.0 Å². The van der Waals surface area contributed by atoms with Crippen molar-refractivity contribution in [2.75, 3.05) is 13.6 Å². The Bertz CT molecular complexity index is 996. The van der Waals surface area contributed by atoms with Gasteiger partial charge in [-0.3, -0.25) is 4.98 Å². The molecular weight excluding hydrogens is 334 g/mol. The molecule has 0 unspecified atom stereocenters. The van der Waals surface area contributed by atoms with E-state index in [0.29, 0.717) is 16.5 Å². The smallest absolute Gasteiger partial charge is 0.268 e. The molecule has 0 bridgehead atoms. The normalized spacial score (nSPS) is 18.8. The molecule has 25 heavy (non-hydrogen) atoms. The number of rotatable bonds is 4. The van der Waals surface area contributed by atoms with Gasteiger partial charge >= 0.3 is 0 Å². The molecule has 1 aromatic carbocycles. The minimum atomic E-state index is -3.63. The van der Waals surface area contributed by atoms with E-state index < -0.39 is 10.0 Å². The van der Waals surface area contributed by atoms with E-state index in [4.69, 9.17) is 0 Å². The largest absolute Gasteiger partial charge is 0.303 e. The predicted octanol–water partition coefficient (Wildman–Crippen LogP) is 2.91. The highest BCUT2D eigenvalue weighted by molar-refractivity contribution is 7.90. The van der Waals surface area contributed by atoms with Crippen molar-refractivity contribution in [2.45, 2.75) is 30.2 Å². The fraction of sp³-hybridized carbons (Fsp3) is 0.316. The van der Waals surface area contributed by atoms with Gasteiger partial charge in [0.2, 0.25) is 0 Å². The number of hydrogen-bond acceptors (Lipinski definition) is 4. The highest BCUT2D eigenvalue weighted by atomic mass is 32.2. The fourth-order valence-electron chi connectivity index (χ4n) is 3.64. The molecule has 6 heteroatoms. The molecular formula is C19H21N3O2S. The van der Waals surface area contributed by atoms with Gasteiger partial charge in [-0.15, -0.1) is 0 Å². The number of fused-ring (bicyclic) bond motifs is 1. The van der Waals surface area contributed by atoms with Gasteiger partial charge in [0.1, 0.15) is 0 Å². The second kappa shape index (κ2) is 6.28. The average Bonchev–Trinajstić information content (AvgIpc) is 3.21. The first-order valence-electron chi connectivity index (χ1n) is 8.53. The second-order valence-electron chi connectivity index (χ2n) is 6.62. The summed E-state index contributed by atoms with van der Waals surface area (Å²) < 4.78 is 27.6. The lowest BCUT2D eigenvalue weighted by atomic mass is 10.1. The third kappa shape index (κ3) is 2.85. The van der Waals surface area contributed by atoms with E-state index in [-0.39, 0.29) is 0 Å². The zero-order valence-electron chi connectivity index (χ0n) is 14.2. The molecule has 1 saturated heterocycles. The average molecular weight is 355 g/mol. The van der Waals surface area contributed by atoms with Crippen LogP contribution in [0.3, 0.4) is 0 Å². The number of benzene rings is 1. The number of nitrogens with zero attached hydrogens (tertiary/aromatic N) is 3. The quantitative estimate of drug-likeness (QED) is 0.722. The minimum absolute atomic E-state index is 0.292. The van der Waals surface area contributed by atoms with Crippen LogP contribution in [0.25, 0.3) is 11.0 Å². The summed E-state index contributed by atoms with van der Waals surface area (Å²) in [7, 11) is -1.50. The van der Waals surface area contributed by atoms with Crippen molar-refractivity contribution in [3.05, 3.63) is 60.4 Å². The van der Waals surface area contributed by atoms with E-state index in [0.717, 1.165) is 30.5 Å². The summed E-state index contributed by atoms with van der Waals surface area (Å²) in [5.74, 6) is 0. The van der Waals surface area contributed by atoms with Gasteiger partial charge in [-0.2, -0.15) is 0 Å². The Morgan fingerprint density at radius 2 is 1.96 bits per heavy atom. The standard InChI is InChI=1S/C19H21N3O2S/c1-21-12-6-7-16(21)13-15-14-22(18-10-5-11-20-19(15)18)25(23,24)17-8-3-2-4-9-17/h2-5,8-11,14,16H,6-7,12-13H2,1H3/t16-/m0/s1. The summed E-state index contributed by atoms with van der Waals surface area (Å²) >= 11 is 0. The molecule has 3 aromatic rings. The minimum Gasteiger partial charge on any atom is -0.303 e. The van der Waals surface area contributed by atoms with E-state index in [1.807, 2.05) is 12.1 Å². The van der Waals surface area contributed by atoms with Crippen LogP contribution in [0.15, 0.2) is 59.8 Å². The maximum Gasteiger partial charge on any atom is 0.268 e. The first-order chi connectivity index (χ1) is 12.1. The van der Waals surface area contributed by atoms with Crippen LogP contribution in [0.2, 0.25) is 0 Å². The van der Waals surface area contributed by atoms with E-state index in [1.165, 1.54) is 10.4 Å². The highest BCUT2D eigenvalue weighted by Crippen LogP contribution is 2.28. The number of likely N-dealkylation sites (tertiary alicyclic amines) is 1. The molecule has 0 N–H and O–H groups in total. The molecule has 5 nitrogen and oxygen atoms in total. The van der Waals surface area contributed by atoms with Gasteiger partial charge in [0.05, 0.1) is 15.9 Å². The zero-order valence-corrected chi connectivity index (χ0v) is 15.0. The molecule has 1 atom stereocenters. The van der Waals surface area contributed by atoms with Gasteiger partial charge in [-0.25, -0.2) is 12.4 Å². The second-order valence-corrected chi connectivity index (χ2v) is 8.44. The molecule has 130 valence electrons. The monoisotopic (exact) mass is 355 g/mol. The fourth-order valence-corrected chi connectivity index (χ4v) is 5.04. The Labute approximate surface area is 148 Å². The number of likely N-dealkylation sites (N-methyl/N-ethyl adjacent to an activating group) is 1. The number of pyridine rings is 1. The van der Waals surface area contributed by atoms with Crippen LogP contribution >= 0.6 is 0 Å². The molecule has 0 saturated carbocycles. The van der Waals surface area contributed by atoms with Crippen LogP contribution in [0.4, 0.5) is 0 Å². The van der Waals surface area contributed by atoms with Crippen molar-refractivity contribution < 1.29 is 8.42 Å². The third-order valence-electron chi connectivity index (χ3n) is 5.03. The van der Waals surface area contributed by atoms with E-state index >= 15 is 0 Å². The molecule has 1 fully saturated rings. The van der Waals surface area contributed by atoms with Crippen molar-refractivity contribution in [1.82, 2.24) is 13.9 Å². The first kappa shape index (κ1) is 16.3. The Balaban J connectivity index is 1.83. The van der Waals surface area contributed by atoms with Gasteiger partial charge in [0.15, 0.2) is 0 Å². The topological polar surface area (TPSA) is 55.2 Å². The number of hydrogen-bond donors (Lipinski definition) is 0. The van der Waals surface area contributed by atoms with E-state index in [9.17, 15) is 8.42 Å². The van der Waals surface area contributed by atoms with Gasteiger partial charge in [-0.05, 0) is 62.7 Å². The Morgan fingerprint density at radius 3 is 2.68 bits per heavy atom. The van der Waals surface area contributed by atoms with E-state index in [1.54, 1.807) is 42.7 Å². The van der Waals surface area contributed by atoms with E-state index in [2.05, 4.69) is 16.9 Å². The Morgan fingerprint density at radius 1 is 1.16 bits per heavy atom. The van der Waals surface area contributed by atoms with Gasteiger partial charge < -0.3 is 4.90 Å². The summed E-state index contributed by atoms with van der Waals surface area (Å²) in [6.07, 6.45) is 6.63. The highest BCUT2D eigenvalue weighted by Gasteiger charge is 2.26. The van der Waals surface area contributed by atoms with Crippen LogP contribution in [-0.2, 0) is 16.4 Å². The van der Waals surface area contributed by atoms with Gasteiger partial charge in [0, 0.05) is 18.4 Å². The summed E-state index contributed by atoms with van der Waals surface area (Å²) in [6.45, 7) is 1.10. The Kier molecular flexibility index (Phi) is 4.09. The number of aromatic nitrogens is 2. The van der Waals surface area contributed by atoms with Crippen molar-refractivity contribution in [3.8, 4) is 0 Å². The molecule has 4 rings (SSSR count). The molecule has 0 amide bonds. The van der Waals surface area contributed by atoms with Crippen molar-refractivity contribution in [2.24, 2.45) is 0 Å². The first-order valence-corrected chi connectivity index (χ1v) is 9.97. The third-order valence-corrected chi connectivity index (χ3v) is 6.72. The van der Waals surface area contributed by atoms with Crippen molar-refractivity contribution in [1.29, 1.82) is 0 Å². The zero-order chi connectivity index (χ0) is 17.4. The van der Waals surface area contributed by atoms with Crippen LogP contribution in [-0.4, -0.2) is 41.9 Å². The lowest BCUT2D eigenvalue weighted by Crippen LogP contribution is -2.26. The molecule has 0 spiro atoms. The molecule has 0 radical (unpaired) electrons. The summed E-state index contributed by atoms with van der Waals surface area (Å²) in [6, 6.07) is 12.6. The van der Waals surface area contributed by atoms with Crippen molar-refractivity contribution >= 4 is 21.1 Å². The van der Waals surface area contributed by atoms with Crippen LogP contribution in [0.1, 0.15) is 18.4 Å². The van der Waals surface area contributed by atoms with Crippen molar-refractivity contribution in [3.63, 3.8) is 0 Å². The lowest BCUT2D eigenvalue weighted by molar-refractivity contribution is 0.309. The van der Waals surface area contributed by atoms with Crippen LogP contribution in [0.5, 0.6) is 0 Å². The van der Waals surface area contributed by atoms with Gasteiger partial charge in [-0.1, -0.05) is 18.2 Å². The maximum atomic E-state index is 13.1. The molecule has 1 aliphatic rings. The summed E-state index contributed by atoms with van der Waals surface area (Å²) in [5.41, 5.74) is 2.41. The predicted molar refractivity (Wildman–Crippen MR) is 98.1 cm³/mol.